The summed E-state index contributed by atoms with van der Waals surface area (Å²) < 4.78 is 0. The maximum absolute atomic E-state index is 2.47. The highest BCUT2D eigenvalue weighted by atomic mass is 15.1. The summed E-state index contributed by atoms with van der Waals surface area (Å²) in [6, 6.07) is 81.6. The van der Waals surface area contributed by atoms with Crippen molar-refractivity contribution < 1.29 is 0 Å². The summed E-state index contributed by atoms with van der Waals surface area (Å²) >= 11 is 0. The summed E-state index contributed by atoms with van der Waals surface area (Å²) in [6.07, 6.45) is 0. The van der Waals surface area contributed by atoms with Gasteiger partial charge in [-0.3, -0.25) is 0 Å². The predicted molar refractivity (Wildman–Crippen MR) is 235 cm³/mol. The Hall–Kier alpha value is -7.22. The third kappa shape index (κ3) is 6.02. The third-order valence-electron chi connectivity index (χ3n) is 10.8. The monoisotopic (exact) mass is 699 g/mol. The van der Waals surface area contributed by atoms with Gasteiger partial charge in [-0.05, 0) is 114 Å². The summed E-state index contributed by atoms with van der Waals surface area (Å²) in [5, 5.41) is 7.47. The lowest BCUT2D eigenvalue weighted by atomic mass is 9.91. The minimum absolute atomic E-state index is 1.09. The Morgan fingerprint density at radius 1 is 0.236 bits per heavy atom. The molecule has 1 nitrogen and oxygen atoms in total. The van der Waals surface area contributed by atoms with E-state index < -0.39 is 0 Å². The van der Waals surface area contributed by atoms with Crippen LogP contribution in [0.1, 0.15) is 0 Å². The number of nitrogens with zero attached hydrogens (tertiary/aromatic N) is 1. The van der Waals surface area contributed by atoms with Crippen LogP contribution in [0.5, 0.6) is 0 Å². The molecule has 0 amide bonds. The molecule has 10 rings (SSSR count). The molecule has 0 saturated heterocycles. The van der Waals surface area contributed by atoms with Crippen LogP contribution >= 0.6 is 0 Å². The van der Waals surface area contributed by atoms with Gasteiger partial charge in [-0.15, -0.1) is 0 Å². The van der Waals surface area contributed by atoms with Gasteiger partial charge in [0, 0.05) is 16.9 Å². The van der Waals surface area contributed by atoms with Gasteiger partial charge in [-0.25, -0.2) is 0 Å². The molecule has 0 aliphatic rings. The Kier molecular flexibility index (Phi) is 8.24. The van der Waals surface area contributed by atoms with Gasteiger partial charge in [0.05, 0.1) is 5.69 Å². The van der Waals surface area contributed by atoms with Gasteiger partial charge >= 0.3 is 0 Å². The Morgan fingerprint density at radius 2 is 0.745 bits per heavy atom. The van der Waals surface area contributed by atoms with Crippen LogP contribution in [-0.4, -0.2) is 0 Å². The number of hydrogen-bond acceptors (Lipinski definition) is 1. The number of anilines is 3. The SMILES string of the molecule is c1ccc(-c2cc(-c3ccccc3)cc(N(c3cccc(-c4cccc5ccccc45)c3)c3ccccc3-c3cc4ccccc4c4ccccc34)c2)cc1. The Morgan fingerprint density at radius 3 is 1.49 bits per heavy atom. The lowest BCUT2D eigenvalue weighted by molar-refractivity contribution is 1.28. The first kappa shape index (κ1) is 32.4. The van der Waals surface area contributed by atoms with E-state index in [1.54, 1.807) is 0 Å². The average molecular weight is 700 g/mol. The van der Waals surface area contributed by atoms with E-state index in [2.05, 4.69) is 229 Å². The van der Waals surface area contributed by atoms with Crippen LogP contribution in [0.4, 0.5) is 17.1 Å². The standard InChI is InChI=1S/C54H37N/c1-3-17-38(18-4-1)43-33-44(39-19-5-2-6-20-39)36-46(35-43)55(45-25-15-24-41(34-45)48-31-16-23-40-21-7-9-26-47(40)48)54-32-14-13-30-52(54)53-37-42-22-8-10-27-49(42)50-28-11-12-29-51(50)53/h1-37H. The molecule has 0 aliphatic heterocycles. The van der Waals surface area contributed by atoms with Crippen LogP contribution in [0, 0.1) is 0 Å². The van der Waals surface area contributed by atoms with Crippen molar-refractivity contribution in [1.82, 2.24) is 0 Å². The van der Waals surface area contributed by atoms with Gasteiger partial charge in [0.1, 0.15) is 0 Å². The van der Waals surface area contributed by atoms with Crippen molar-refractivity contribution in [2.75, 3.05) is 4.90 Å². The van der Waals surface area contributed by atoms with Crippen molar-refractivity contribution in [1.29, 1.82) is 0 Å². The molecule has 0 bridgehead atoms. The fourth-order valence-corrected chi connectivity index (χ4v) is 8.23. The normalized spacial score (nSPS) is 11.3. The lowest BCUT2D eigenvalue weighted by Gasteiger charge is -2.30. The van der Waals surface area contributed by atoms with E-state index in [-0.39, 0.29) is 0 Å². The first-order valence-corrected chi connectivity index (χ1v) is 18.9. The molecule has 0 heterocycles. The molecular weight excluding hydrogens is 663 g/mol. The van der Waals surface area contributed by atoms with Crippen LogP contribution in [0.3, 0.4) is 0 Å². The molecule has 10 aromatic rings. The van der Waals surface area contributed by atoms with Crippen molar-refractivity contribution in [3.05, 3.63) is 224 Å². The summed E-state index contributed by atoms with van der Waals surface area (Å²) in [6.45, 7) is 0. The smallest absolute Gasteiger partial charge is 0.0540 e. The number of benzene rings is 10. The lowest BCUT2D eigenvalue weighted by Crippen LogP contribution is -2.12. The topological polar surface area (TPSA) is 3.24 Å². The number of para-hydroxylation sites is 1. The molecule has 0 fully saturated rings. The molecule has 0 saturated carbocycles. The fraction of sp³-hybridized carbons (Fsp3) is 0. The second kappa shape index (κ2) is 14.0. The van der Waals surface area contributed by atoms with Crippen LogP contribution < -0.4 is 4.90 Å². The predicted octanol–water partition coefficient (Wildman–Crippen LogP) is 15.3. The van der Waals surface area contributed by atoms with Crippen LogP contribution in [-0.2, 0) is 0 Å². The second-order valence-electron chi connectivity index (χ2n) is 14.1. The van der Waals surface area contributed by atoms with Gasteiger partial charge in [-0.1, -0.05) is 182 Å². The fourth-order valence-electron chi connectivity index (χ4n) is 8.23. The maximum atomic E-state index is 2.47. The first-order chi connectivity index (χ1) is 27.3. The van der Waals surface area contributed by atoms with Crippen molar-refractivity contribution >= 4 is 49.4 Å². The van der Waals surface area contributed by atoms with Crippen LogP contribution in [0.25, 0.3) is 76.8 Å². The number of hydrogen-bond donors (Lipinski definition) is 0. The van der Waals surface area contributed by atoms with E-state index in [1.807, 2.05) is 0 Å². The van der Waals surface area contributed by atoms with E-state index in [1.165, 1.54) is 76.8 Å². The van der Waals surface area contributed by atoms with Crippen molar-refractivity contribution in [2.24, 2.45) is 0 Å². The Labute approximate surface area is 322 Å². The highest BCUT2D eigenvalue weighted by Crippen LogP contribution is 2.46. The molecule has 10 aromatic carbocycles. The van der Waals surface area contributed by atoms with Crippen LogP contribution in [0.15, 0.2) is 224 Å². The zero-order chi connectivity index (χ0) is 36.6. The quantitative estimate of drug-likeness (QED) is 0.150. The van der Waals surface area contributed by atoms with Gasteiger partial charge in [0.25, 0.3) is 0 Å². The highest BCUT2D eigenvalue weighted by Gasteiger charge is 2.21. The molecule has 258 valence electrons. The van der Waals surface area contributed by atoms with E-state index in [4.69, 9.17) is 0 Å². The maximum Gasteiger partial charge on any atom is 0.0540 e. The number of rotatable bonds is 7. The molecular formula is C54H37N. The minimum atomic E-state index is 1.09. The zero-order valence-corrected chi connectivity index (χ0v) is 30.3. The summed E-state index contributed by atoms with van der Waals surface area (Å²) in [5.41, 5.74) is 12.8. The molecule has 0 atom stereocenters. The Balaban J connectivity index is 1.26. The largest absolute Gasteiger partial charge is 0.310 e. The van der Waals surface area contributed by atoms with Crippen molar-refractivity contribution in [3.8, 4) is 44.5 Å². The van der Waals surface area contributed by atoms with E-state index in [0.29, 0.717) is 0 Å². The minimum Gasteiger partial charge on any atom is -0.310 e. The summed E-state index contributed by atoms with van der Waals surface area (Å²) in [4.78, 5) is 2.47. The second-order valence-corrected chi connectivity index (χ2v) is 14.1. The first-order valence-electron chi connectivity index (χ1n) is 18.9. The summed E-state index contributed by atoms with van der Waals surface area (Å²) in [7, 11) is 0. The van der Waals surface area contributed by atoms with Gasteiger partial charge < -0.3 is 4.90 Å². The molecule has 0 spiro atoms. The molecule has 0 aliphatic carbocycles. The van der Waals surface area contributed by atoms with Gasteiger partial charge in [0.2, 0.25) is 0 Å². The summed E-state index contributed by atoms with van der Waals surface area (Å²) in [5.74, 6) is 0. The third-order valence-corrected chi connectivity index (χ3v) is 10.8. The molecule has 0 aromatic heterocycles. The molecule has 0 unspecified atom stereocenters. The Bertz CT molecular complexity index is 2920. The van der Waals surface area contributed by atoms with Gasteiger partial charge in [-0.2, -0.15) is 0 Å². The average Bonchev–Trinajstić information content (AvgIpc) is 3.27. The van der Waals surface area contributed by atoms with Crippen molar-refractivity contribution in [3.63, 3.8) is 0 Å². The van der Waals surface area contributed by atoms with Crippen LogP contribution in [0.2, 0.25) is 0 Å². The number of fused-ring (bicyclic) bond motifs is 4. The molecule has 0 radical (unpaired) electrons. The molecule has 1 heteroatoms. The van der Waals surface area contributed by atoms with E-state index >= 15 is 0 Å². The van der Waals surface area contributed by atoms with Crippen molar-refractivity contribution in [2.45, 2.75) is 0 Å². The van der Waals surface area contributed by atoms with E-state index in [9.17, 15) is 0 Å². The molecule has 0 N–H and O–H groups in total. The van der Waals surface area contributed by atoms with Gasteiger partial charge in [0.15, 0.2) is 0 Å². The molecule has 55 heavy (non-hydrogen) atoms. The van der Waals surface area contributed by atoms with E-state index in [0.717, 1.165) is 17.1 Å². The highest BCUT2D eigenvalue weighted by molar-refractivity contribution is 6.15. The zero-order valence-electron chi connectivity index (χ0n) is 30.3.